The van der Waals surface area contributed by atoms with Crippen LogP contribution in [0.2, 0.25) is 0 Å². The van der Waals surface area contributed by atoms with Crippen molar-refractivity contribution in [3.05, 3.63) is 72.6 Å². The van der Waals surface area contributed by atoms with Crippen LogP contribution in [0.4, 0.5) is 0 Å². The average Bonchev–Trinajstić information content (AvgIpc) is 2.69. The van der Waals surface area contributed by atoms with E-state index in [1.165, 1.54) is 11.1 Å². The molecule has 2 aliphatic heterocycles. The number of nitrogens with zero attached hydrogens (tertiary/aromatic N) is 2. The predicted molar refractivity (Wildman–Crippen MR) is 104 cm³/mol. The lowest BCUT2D eigenvalue weighted by atomic mass is 9.80. The van der Waals surface area contributed by atoms with E-state index in [0.29, 0.717) is 6.04 Å². The second-order valence-corrected chi connectivity index (χ2v) is 7.41. The molecule has 0 aliphatic carbocycles. The molecule has 1 fully saturated rings. The lowest BCUT2D eigenvalue weighted by Gasteiger charge is -2.47. The fraction of sp³-hybridized carbons (Fsp3) is 0.409. The number of hydrogen-bond donors (Lipinski definition) is 1. The van der Waals surface area contributed by atoms with Crippen LogP contribution in [0.15, 0.2) is 61.4 Å². The summed E-state index contributed by atoms with van der Waals surface area (Å²) in [5.41, 5.74) is 2.43. The highest BCUT2D eigenvalue weighted by molar-refractivity contribution is 5.39. The molecule has 2 aromatic rings. The molecule has 26 heavy (non-hydrogen) atoms. The number of ether oxygens (including phenoxy) is 1. The molecule has 1 N–H and O–H groups in total. The molecule has 0 amide bonds. The van der Waals surface area contributed by atoms with Crippen LogP contribution in [-0.2, 0) is 6.54 Å². The van der Waals surface area contributed by atoms with E-state index in [1.54, 1.807) is 0 Å². The van der Waals surface area contributed by atoms with Crippen molar-refractivity contribution in [3.8, 4) is 5.75 Å². The third-order valence-corrected chi connectivity index (χ3v) is 5.63. The Labute approximate surface area is 155 Å². The summed E-state index contributed by atoms with van der Waals surface area (Å²) in [7, 11) is 0. The van der Waals surface area contributed by atoms with Gasteiger partial charge in [0.25, 0.3) is 0 Å². The maximum atomic E-state index is 6.56. The van der Waals surface area contributed by atoms with Gasteiger partial charge in [-0.15, -0.1) is 6.58 Å². The lowest BCUT2D eigenvalue weighted by molar-refractivity contribution is -0.0232. The van der Waals surface area contributed by atoms with Crippen molar-refractivity contribution in [2.24, 2.45) is 0 Å². The highest BCUT2D eigenvalue weighted by atomic mass is 16.5. The standard InChI is InChI=1S/C22H27N3O/c1-2-12-25-13-9-22(10-14-25)15-20(19-7-3-4-8-21(19)26-22)24-17-18-6-5-11-23-16-18/h2-8,11,16,20,24H,1,9-10,12-15,17H2/t20-/m1/s1. The molecule has 1 aromatic carbocycles. The monoisotopic (exact) mass is 349 g/mol. The Morgan fingerprint density at radius 3 is 2.85 bits per heavy atom. The zero-order valence-corrected chi connectivity index (χ0v) is 15.2. The van der Waals surface area contributed by atoms with Gasteiger partial charge in [0.2, 0.25) is 0 Å². The molecule has 0 bridgehead atoms. The number of likely N-dealkylation sites (tertiary alicyclic amines) is 1. The summed E-state index contributed by atoms with van der Waals surface area (Å²) >= 11 is 0. The van der Waals surface area contributed by atoms with Crippen LogP contribution in [0.25, 0.3) is 0 Å². The molecule has 1 atom stereocenters. The Balaban J connectivity index is 1.51. The van der Waals surface area contributed by atoms with Crippen molar-refractivity contribution in [2.45, 2.75) is 37.5 Å². The normalized spacial score (nSPS) is 21.8. The second-order valence-electron chi connectivity index (χ2n) is 7.41. The number of aromatic nitrogens is 1. The van der Waals surface area contributed by atoms with Gasteiger partial charge in [-0.25, -0.2) is 0 Å². The van der Waals surface area contributed by atoms with E-state index in [9.17, 15) is 0 Å². The Morgan fingerprint density at radius 1 is 1.23 bits per heavy atom. The fourth-order valence-corrected chi connectivity index (χ4v) is 4.18. The summed E-state index contributed by atoms with van der Waals surface area (Å²) in [6.45, 7) is 7.80. The van der Waals surface area contributed by atoms with Crippen LogP contribution in [0, 0.1) is 0 Å². The molecule has 4 nitrogen and oxygen atoms in total. The van der Waals surface area contributed by atoms with Crippen LogP contribution in [0.5, 0.6) is 5.75 Å². The Morgan fingerprint density at radius 2 is 2.08 bits per heavy atom. The maximum absolute atomic E-state index is 6.56. The van der Waals surface area contributed by atoms with Crippen molar-refractivity contribution in [3.63, 3.8) is 0 Å². The first-order valence-electron chi connectivity index (χ1n) is 9.51. The Bertz CT molecular complexity index is 738. The van der Waals surface area contributed by atoms with Gasteiger partial charge in [0.05, 0.1) is 0 Å². The predicted octanol–water partition coefficient (Wildman–Crippen LogP) is 3.72. The molecule has 4 rings (SSSR count). The molecule has 1 spiro atoms. The third-order valence-electron chi connectivity index (χ3n) is 5.63. The minimum absolute atomic E-state index is 0.0569. The number of para-hydroxylation sites is 1. The Hall–Kier alpha value is -2.17. The van der Waals surface area contributed by atoms with Gasteiger partial charge in [-0.2, -0.15) is 0 Å². The van der Waals surface area contributed by atoms with Crippen molar-refractivity contribution in [1.82, 2.24) is 15.2 Å². The van der Waals surface area contributed by atoms with Crippen molar-refractivity contribution in [1.29, 1.82) is 0 Å². The largest absolute Gasteiger partial charge is 0.487 e. The van der Waals surface area contributed by atoms with Crippen molar-refractivity contribution < 1.29 is 4.74 Å². The summed E-state index contributed by atoms with van der Waals surface area (Å²) in [6, 6.07) is 12.9. The van der Waals surface area contributed by atoms with E-state index in [2.05, 4.69) is 52.1 Å². The lowest BCUT2D eigenvalue weighted by Crippen LogP contribution is -2.51. The first-order chi connectivity index (χ1) is 12.8. The average molecular weight is 349 g/mol. The van der Waals surface area contributed by atoms with Gasteiger partial charge in [-0.3, -0.25) is 9.88 Å². The molecular weight excluding hydrogens is 322 g/mol. The highest BCUT2D eigenvalue weighted by Crippen LogP contribution is 2.44. The number of piperidine rings is 1. The smallest absolute Gasteiger partial charge is 0.124 e. The quantitative estimate of drug-likeness (QED) is 0.835. The SMILES string of the molecule is C=CCN1CCC2(CC1)C[C@@H](NCc1cccnc1)c1ccccc1O2. The van der Waals surface area contributed by atoms with E-state index in [1.807, 2.05) is 24.5 Å². The minimum atomic E-state index is -0.0569. The first kappa shape index (κ1) is 17.3. The van der Waals surface area contributed by atoms with E-state index in [0.717, 1.165) is 51.2 Å². The van der Waals surface area contributed by atoms with Gasteiger partial charge in [0.15, 0.2) is 0 Å². The summed E-state index contributed by atoms with van der Waals surface area (Å²) in [6.07, 6.45) is 8.90. The van der Waals surface area contributed by atoms with Crippen LogP contribution < -0.4 is 10.1 Å². The van der Waals surface area contributed by atoms with E-state index in [4.69, 9.17) is 4.74 Å². The zero-order chi connectivity index (χ0) is 17.8. The van der Waals surface area contributed by atoms with Crippen LogP contribution in [-0.4, -0.2) is 35.1 Å². The summed E-state index contributed by atoms with van der Waals surface area (Å²) < 4.78 is 6.56. The number of fused-ring (bicyclic) bond motifs is 1. The Kier molecular flexibility index (Phi) is 5.05. The molecular formula is C22H27N3O. The summed E-state index contributed by atoms with van der Waals surface area (Å²) in [4.78, 5) is 6.68. The van der Waals surface area contributed by atoms with Crippen LogP contribution in [0.3, 0.4) is 0 Å². The fourth-order valence-electron chi connectivity index (χ4n) is 4.18. The van der Waals surface area contributed by atoms with E-state index < -0.39 is 0 Å². The van der Waals surface area contributed by atoms with Crippen LogP contribution >= 0.6 is 0 Å². The third kappa shape index (κ3) is 3.67. The van der Waals surface area contributed by atoms with E-state index >= 15 is 0 Å². The van der Waals surface area contributed by atoms with Gasteiger partial charge in [-0.1, -0.05) is 30.3 Å². The molecule has 0 radical (unpaired) electrons. The molecule has 3 heterocycles. The molecule has 136 valence electrons. The topological polar surface area (TPSA) is 37.4 Å². The first-order valence-corrected chi connectivity index (χ1v) is 9.51. The minimum Gasteiger partial charge on any atom is -0.487 e. The van der Waals surface area contributed by atoms with Gasteiger partial charge >= 0.3 is 0 Å². The molecule has 1 saturated heterocycles. The molecule has 0 saturated carbocycles. The number of hydrogen-bond acceptors (Lipinski definition) is 4. The van der Waals surface area contributed by atoms with Gasteiger partial charge in [-0.05, 0) is 30.5 Å². The summed E-state index contributed by atoms with van der Waals surface area (Å²) in [5, 5.41) is 3.75. The zero-order valence-electron chi connectivity index (χ0n) is 15.2. The number of rotatable bonds is 5. The van der Waals surface area contributed by atoms with Gasteiger partial charge < -0.3 is 10.1 Å². The number of nitrogens with one attached hydrogen (secondary N) is 1. The molecule has 4 heteroatoms. The van der Waals surface area contributed by atoms with Gasteiger partial charge in [0.1, 0.15) is 11.4 Å². The molecule has 0 unspecified atom stereocenters. The second kappa shape index (κ2) is 7.60. The summed E-state index contributed by atoms with van der Waals surface area (Å²) in [5.74, 6) is 1.04. The van der Waals surface area contributed by atoms with Crippen molar-refractivity contribution in [2.75, 3.05) is 19.6 Å². The van der Waals surface area contributed by atoms with Crippen LogP contribution in [0.1, 0.15) is 36.4 Å². The van der Waals surface area contributed by atoms with Gasteiger partial charge in [0, 0.05) is 56.6 Å². The molecule has 2 aliphatic rings. The van der Waals surface area contributed by atoms with Crippen molar-refractivity contribution >= 4 is 0 Å². The maximum Gasteiger partial charge on any atom is 0.124 e. The number of pyridine rings is 1. The number of benzene rings is 1. The highest BCUT2D eigenvalue weighted by Gasteiger charge is 2.42. The molecule has 1 aromatic heterocycles. The van der Waals surface area contributed by atoms with E-state index in [-0.39, 0.29) is 5.60 Å².